The lowest BCUT2D eigenvalue weighted by atomic mass is 10.2. The molecule has 3 aromatic rings. The largest absolute Gasteiger partial charge is 0.491 e. The normalized spacial score (nSPS) is 12.1. The molecule has 34 heavy (non-hydrogen) atoms. The van der Waals surface area contributed by atoms with E-state index in [4.69, 9.17) is 4.74 Å². The Morgan fingerprint density at radius 1 is 1.18 bits per heavy atom. The van der Waals surface area contributed by atoms with Gasteiger partial charge in [0.2, 0.25) is 5.91 Å². The smallest absolute Gasteiger partial charge is 0.332 e. The molecule has 2 heterocycles. The lowest BCUT2D eigenvalue weighted by molar-refractivity contribution is -0.116. The number of benzene rings is 1. The van der Waals surface area contributed by atoms with Crippen LogP contribution in [0.1, 0.15) is 26.2 Å². The molecule has 3 N–H and O–H groups in total. The molecule has 0 saturated heterocycles. The van der Waals surface area contributed by atoms with Crippen LogP contribution in [0.5, 0.6) is 5.75 Å². The first kappa shape index (κ1) is 25.2. The van der Waals surface area contributed by atoms with Crippen molar-refractivity contribution >= 4 is 22.8 Å². The number of fused-ring (bicyclic) bond motifs is 1. The fraction of sp³-hybridized carbons (Fsp3) is 0.478. The summed E-state index contributed by atoms with van der Waals surface area (Å²) in [5.41, 5.74) is 0.695. The Balaban J connectivity index is 1.39. The predicted octanol–water partition coefficient (Wildman–Crippen LogP) is 0.592. The molecule has 0 saturated carbocycles. The van der Waals surface area contributed by atoms with Gasteiger partial charge in [-0.05, 0) is 43.7 Å². The van der Waals surface area contributed by atoms with Crippen LogP contribution in [0.3, 0.4) is 0 Å². The lowest BCUT2D eigenvalue weighted by Gasteiger charge is -2.14. The van der Waals surface area contributed by atoms with Crippen molar-refractivity contribution in [1.82, 2.24) is 24.0 Å². The first-order valence-electron chi connectivity index (χ1n) is 11.3. The first-order valence-corrected chi connectivity index (χ1v) is 11.3. The average Bonchev–Trinajstić information content (AvgIpc) is 3.25. The van der Waals surface area contributed by atoms with Gasteiger partial charge < -0.3 is 25.0 Å². The molecule has 0 aliphatic carbocycles. The van der Waals surface area contributed by atoms with Crippen LogP contribution in [-0.4, -0.2) is 55.5 Å². The first-order chi connectivity index (χ1) is 16.3. The number of hydrogen-bond acceptors (Lipinski definition) is 7. The van der Waals surface area contributed by atoms with Gasteiger partial charge in [0.05, 0.1) is 6.33 Å². The van der Waals surface area contributed by atoms with Gasteiger partial charge in [0, 0.05) is 39.3 Å². The molecule has 0 fully saturated rings. The fourth-order valence-corrected chi connectivity index (χ4v) is 3.55. The number of aliphatic hydroxyl groups is 1. The van der Waals surface area contributed by atoms with E-state index < -0.39 is 11.8 Å². The van der Waals surface area contributed by atoms with E-state index in [0.717, 1.165) is 11.0 Å². The quantitative estimate of drug-likeness (QED) is 0.329. The van der Waals surface area contributed by atoms with Crippen molar-refractivity contribution in [2.24, 2.45) is 14.1 Å². The number of nitrogens with zero attached hydrogens (tertiary/aromatic N) is 4. The molecule has 1 unspecified atom stereocenters. The molecule has 11 heteroatoms. The molecule has 2 aromatic heterocycles. The van der Waals surface area contributed by atoms with E-state index in [1.807, 2.05) is 6.92 Å². The molecule has 1 amide bonds. The number of aryl methyl sites for hydroxylation is 2. The summed E-state index contributed by atoms with van der Waals surface area (Å²) < 4.78 is 9.78. The minimum atomic E-state index is -0.695. The Hall–Kier alpha value is -3.44. The SMILES string of the molecule is CCCC(=O)Nc1ccc(OCC(O)CNCCCn2cnc3c2c(=O)n(C)c(=O)n3C)cc1. The Labute approximate surface area is 197 Å². The van der Waals surface area contributed by atoms with E-state index in [1.165, 1.54) is 11.6 Å². The molecule has 1 atom stereocenters. The van der Waals surface area contributed by atoms with Crippen molar-refractivity contribution in [2.45, 2.75) is 38.8 Å². The van der Waals surface area contributed by atoms with Gasteiger partial charge in [0.15, 0.2) is 11.2 Å². The standard InChI is InChI=1S/C23H32N6O5/c1-4-6-19(31)26-16-7-9-18(10-8-16)34-14-17(30)13-24-11-5-12-29-15-25-21-20(29)22(32)28(3)23(33)27(21)2/h7-10,15,17,24,30H,4-6,11-14H2,1-3H3,(H,26,31). The topological polar surface area (TPSA) is 132 Å². The predicted molar refractivity (Wildman–Crippen MR) is 129 cm³/mol. The van der Waals surface area contributed by atoms with Gasteiger partial charge in [-0.15, -0.1) is 0 Å². The van der Waals surface area contributed by atoms with Crippen LogP contribution in [0.15, 0.2) is 40.2 Å². The molecule has 0 aliphatic heterocycles. The van der Waals surface area contributed by atoms with Gasteiger partial charge >= 0.3 is 5.69 Å². The van der Waals surface area contributed by atoms with E-state index in [-0.39, 0.29) is 18.1 Å². The van der Waals surface area contributed by atoms with Crippen molar-refractivity contribution in [1.29, 1.82) is 0 Å². The molecule has 0 radical (unpaired) electrons. The van der Waals surface area contributed by atoms with E-state index in [1.54, 1.807) is 42.2 Å². The van der Waals surface area contributed by atoms with E-state index in [0.29, 0.717) is 55.1 Å². The number of anilines is 1. The molecule has 11 nitrogen and oxygen atoms in total. The maximum atomic E-state index is 12.5. The maximum absolute atomic E-state index is 12.5. The number of aliphatic hydroxyl groups excluding tert-OH is 1. The van der Waals surface area contributed by atoms with Crippen LogP contribution >= 0.6 is 0 Å². The van der Waals surface area contributed by atoms with Gasteiger partial charge in [-0.3, -0.25) is 18.7 Å². The molecule has 1 aromatic carbocycles. The third-order valence-corrected chi connectivity index (χ3v) is 5.41. The number of ether oxygens (including phenoxy) is 1. The molecule has 0 spiro atoms. The number of aromatic nitrogens is 4. The second kappa shape index (κ2) is 11.6. The van der Waals surface area contributed by atoms with Crippen molar-refractivity contribution < 1.29 is 14.6 Å². The van der Waals surface area contributed by atoms with Crippen LogP contribution in [0.4, 0.5) is 5.69 Å². The summed E-state index contributed by atoms with van der Waals surface area (Å²) in [7, 11) is 3.04. The van der Waals surface area contributed by atoms with Crippen LogP contribution in [0.2, 0.25) is 0 Å². The average molecular weight is 473 g/mol. The minimum absolute atomic E-state index is 0.0213. The number of carbonyl (C=O) groups excluding carboxylic acids is 1. The molecule has 184 valence electrons. The minimum Gasteiger partial charge on any atom is -0.491 e. The summed E-state index contributed by atoms with van der Waals surface area (Å²) in [4.78, 5) is 40.3. The van der Waals surface area contributed by atoms with E-state index >= 15 is 0 Å². The van der Waals surface area contributed by atoms with Crippen molar-refractivity contribution in [3.05, 3.63) is 51.4 Å². The summed E-state index contributed by atoms with van der Waals surface area (Å²) in [6, 6.07) is 7.02. The van der Waals surface area contributed by atoms with Gasteiger partial charge in [-0.2, -0.15) is 0 Å². The highest BCUT2D eigenvalue weighted by Crippen LogP contribution is 2.16. The van der Waals surface area contributed by atoms with Crippen molar-refractivity contribution in [3.8, 4) is 5.75 Å². The highest BCUT2D eigenvalue weighted by molar-refractivity contribution is 5.90. The molecule has 0 aliphatic rings. The van der Waals surface area contributed by atoms with Gasteiger partial charge in [0.1, 0.15) is 18.5 Å². The summed E-state index contributed by atoms with van der Waals surface area (Å²) >= 11 is 0. The summed E-state index contributed by atoms with van der Waals surface area (Å²) in [6.07, 6.45) is 2.85. The fourth-order valence-electron chi connectivity index (χ4n) is 3.55. The van der Waals surface area contributed by atoms with E-state index in [2.05, 4.69) is 15.6 Å². The maximum Gasteiger partial charge on any atom is 0.332 e. The third kappa shape index (κ3) is 6.12. The zero-order valence-corrected chi connectivity index (χ0v) is 19.8. The Bertz CT molecular complexity index is 1230. The number of hydrogen-bond donors (Lipinski definition) is 3. The van der Waals surface area contributed by atoms with Crippen LogP contribution in [0, 0.1) is 0 Å². The molecule has 3 rings (SSSR count). The third-order valence-electron chi connectivity index (χ3n) is 5.41. The van der Waals surface area contributed by atoms with Gasteiger partial charge in [-0.25, -0.2) is 9.78 Å². The number of rotatable bonds is 12. The monoisotopic (exact) mass is 472 g/mol. The van der Waals surface area contributed by atoms with Gasteiger partial charge in [0.25, 0.3) is 5.56 Å². The molecule has 0 bridgehead atoms. The van der Waals surface area contributed by atoms with Crippen LogP contribution in [0.25, 0.3) is 11.2 Å². The Morgan fingerprint density at radius 3 is 2.62 bits per heavy atom. The zero-order chi connectivity index (χ0) is 24.7. The number of amides is 1. The highest BCUT2D eigenvalue weighted by Gasteiger charge is 2.14. The van der Waals surface area contributed by atoms with Crippen molar-refractivity contribution in [3.63, 3.8) is 0 Å². The second-order valence-corrected chi connectivity index (χ2v) is 8.16. The Kier molecular flexibility index (Phi) is 8.61. The van der Waals surface area contributed by atoms with Gasteiger partial charge in [-0.1, -0.05) is 6.92 Å². The highest BCUT2D eigenvalue weighted by atomic mass is 16.5. The van der Waals surface area contributed by atoms with Crippen LogP contribution < -0.4 is 26.6 Å². The summed E-state index contributed by atoms with van der Waals surface area (Å²) in [5.74, 6) is 0.586. The number of imidazole rings is 1. The number of nitrogens with one attached hydrogen (secondary N) is 2. The zero-order valence-electron chi connectivity index (χ0n) is 19.8. The Morgan fingerprint density at radius 2 is 1.91 bits per heavy atom. The number of carbonyl (C=O) groups is 1. The second-order valence-electron chi connectivity index (χ2n) is 8.16. The van der Waals surface area contributed by atoms with Crippen LogP contribution in [-0.2, 0) is 25.4 Å². The molecular formula is C23H32N6O5. The van der Waals surface area contributed by atoms with E-state index in [9.17, 15) is 19.5 Å². The summed E-state index contributed by atoms with van der Waals surface area (Å²) in [5, 5.41) is 16.1. The summed E-state index contributed by atoms with van der Waals surface area (Å²) in [6.45, 7) is 3.60. The lowest BCUT2D eigenvalue weighted by Crippen LogP contribution is -2.37. The van der Waals surface area contributed by atoms with Crippen molar-refractivity contribution in [2.75, 3.05) is 25.0 Å². The molecular weight excluding hydrogens is 440 g/mol.